The molecule has 0 aliphatic heterocycles. The molecule has 3 nitrogen and oxygen atoms in total. The van der Waals surface area contributed by atoms with Crippen molar-refractivity contribution < 1.29 is 14.6 Å². The Bertz CT molecular complexity index is 519. The van der Waals surface area contributed by atoms with Crippen LogP contribution >= 0.6 is 11.6 Å². The summed E-state index contributed by atoms with van der Waals surface area (Å²) in [7, 11) is 0. The summed E-state index contributed by atoms with van der Waals surface area (Å²) in [5, 5.41) is 9.86. The number of aliphatic carboxylic acids is 1. The average molecular weight is 297 g/mol. The van der Waals surface area contributed by atoms with Gasteiger partial charge in [0, 0.05) is 0 Å². The number of carboxylic acids is 1. The minimum absolute atomic E-state index is 0.406. The highest BCUT2D eigenvalue weighted by Gasteiger charge is 2.30. The van der Waals surface area contributed by atoms with Crippen LogP contribution in [0.3, 0.4) is 0 Å². The smallest absolute Gasteiger partial charge is 0.309 e. The van der Waals surface area contributed by atoms with E-state index in [9.17, 15) is 9.90 Å². The molecule has 0 saturated heterocycles. The first-order valence-electron chi connectivity index (χ1n) is 6.95. The minimum Gasteiger partial charge on any atom is -0.491 e. The van der Waals surface area contributed by atoms with Crippen LogP contribution in [-0.4, -0.2) is 17.7 Å². The number of hydrogen-bond acceptors (Lipinski definition) is 2. The highest BCUT2D eigenvalue weighted by Crippen LogP contribution is 2.37. The molecule has 0 amide bonds. The molecule has 1 aliphatic rings. The first kappa shape index (κ1) is 15.2. The van der Waals surface area contributed by atoms with Crippen LogP contribution in [0.5, 0.6) is 5.75 Å². The van der Waals surface area contributed by atoms with Gasteiger partial charge >= 0.3 is 5.97 Å². The van der Waals surface area contributed by atoms with Gasteiger partial charge < -0.3 is 9.84 Å². The third kappa shape index (κ3) is 3.66. The number of rotatable bonds is 6. The Hall–Kier alpha value is -1.22. The molecule has 0 bridgehead atoms. The van der Waals surface area contributed by atoms with E-state index < -0.39 is 11.4 Å². The van der Waals surface area contributed by atoms with Crippen molar-refractivity contribution in [3.63, 3.8) is 0 Å². The second kappa shape index (κ2) is 5.65. The van der Waals surface area contributed by atoms with Crippen molar-refractivity contribution in [1.29, 1.82) is 0 Å². The zero-order valence-corrected chi connectivity index (χ0v) is 13.0. The van der Waals surface area contributed by atoms with Gasteiger partial charge in [0.1, 0.15) is 5.75 Å². The molecule has 0 spiro atoms. The summed E-state index contributed by atoms with van der Waals surface area (Å²) in [6.07, 6.45) is 2.82. The van der Waals surface area contributed by atoms with Gasteiger partial charge in [0.15, 0.2) is 0 Å². The summed E-state index contributed by atoms with van der Waals surface area (Å²) in [4.78, 5) is 11.3. The van der Waals surface area contributed by atoms with Crippen molar-refractivity contribution in [3.8, 4) is 5.75 Å². The molecule has 20 heavy (non-hydrogen) atoms. The van der Waals surface area contributed by atoms with Crippen LogP contribution in [0.1, 0.15) is 37.8 Å². The molecule has 1 aromatic carbocycles. The van der Waals surface area contributed by atoms with Crippen LogP contribution in [0.25, 0.3) is 0 Å². The van der Waals surface area contributed by atoms with Gasteiger partial charge in [0.25, 0.3) is 0 Å². The number of ether oxygens (including phenoxy) is 1. The quantitative estimate of drug-likeness (QED) is 0.860. The normalized spacial score (nSPS) is 15.2. The summed E-state index contributed by atoms with van der Waals surface area (Å²) in [5.74, 6) is 0.467. The molecule has 0 heterocycles. The van der Waals surface area contributed by atoms with Gasteiger partial charge in [0.05, 0.1) is 17.0 Å². The fourth-order valence-corrected chi connectivity index (χ4v) is 2.48. The Kier molecular flexibility index (Phi) is 4.28. The molecular weight excluding hydrogens is 276 g/mol. The van der Waals surface area contributed by atoms with Gasteiger partial charge in [-0.05, 0) is 63.1 Å². The van der Waals surface area contributed by atoms with Gasteiger partial charge in [0.2, 0.25) is 0 Å². The van der Waals surface area contributed by atoms with Crippen molar-refractivity contribution in [2.45, 2.75) is 40.0 Å². The number of hydrogen-bond donors (Lipinski definition) is 1. The summed E-state index contributed by atoms with van der Waals surface area (Å²) < 4.78 is 5.85. The van der Waals surface area contributed by atoms with E-state index in [1.165, 1.54) is 12.8 Å². The van der Waals surface area contributed by atoms with E-state index >= 15 is 0 Å². The van der Waals surface area contributed by atoms with Crippen LogP contribution in [0.2, 0.25) is 5.02 Å². The molecular formula is C16H21ClO3. The molecule has 1 aromatic rings. The first-order valence-corrected chi connectivity index (χ1v) is 7.32. The Morgan fingerprint density at radius 1 is 1.45 bits per heavy atom. The average Bonchev–Trinajstić information content (AvgIpc) is 3.10. The lowest BCUT2D eigenvalue weighted by Gasteiger charge is -2.22. The van der Waals surface area contributed by atoms with Crippen molar-refractivity contribution >= 4 is 17.6 Å². The third-order valence-corrected chi connectivity index (χ3v) is 3.92. The van der Waals surface area contributed by atoms with Crippen LogP contribution in [-0.2, 0) is 11.2 Å². The van der Waals surface area contributed by atoms with Crippen LogP contribution in [0.4, 0.5) is 0 Å². The van der Waals surface area contributed by atoms with E-state index in [1.807, 2.05) is 19.1 Å². The Morgan fingerprint density at radius 2 is 2.10 bits per heavy atom. The molecule has 1 fully saturated rings. The fraction of sp³-hybridized carbons (Fsp3) is 0.562. The van der Waals surface area contributed by atoms with Crippen LogP contribution < -0.4 is 4.74 Å². The van der Waals surface area contributed by atoms with E-state index in [4.69, 9.17) is 16.3 Å². The summed E-state index contributed by atoms with van der Waals surface area (Å²) >= 11 is 6.27. The zero-order chi connectivity index (χ0) is 14.9. The maximum Gasteiger partial charge on any atom is 0.309 e. The largest absolute Gasteiger partial charge is 0.491 e. The predicted octanol–water partition coefficient (Wildman–Crippen LogP) is 4.09. The summed E-state index contributed by atoms with van der Waals surface area (Å²) in [6, 6.07) is 3.83. The highest BCUT2D eigenvalue weighted by molar-refractivity contribution is 6.32. The van der Waals surface area contributed by atoms with E-state index in [0.717, 1.165) is 11.1 Å². The number of carbonyl (C=O) groups is 1. The fourth-order valence-electron chi connectivity index (χ4n) is 2.13. The second-order valence-corrected chi connectivity index (χ2v) is 6.76. The molecule has 0 unspecified atom stereocenters. The minimum atomic E-state index is -0.838. The lowest BCUT2D eigenvalue weighted by molar-refractivity contribution is -0.146. The van der Waals surface area contributed by atoms with Crippen molar-refractivity contribution in [2.24, 2.45) is 11.3 Å². The van der Waals surface area contributed by atoms with Crippen molar-refractivity contribution in [2.75, 3.05) is 6.61 Å². The van der Waals surface area contributed by atoms with Crippen molar-refractivity contribution in [1.82, 2.24) is 0 Å². The summed E-state index contributed by atoms with van der Waals surface area (Å²) in [6.45, 7) is 6.06. The molecule has 0 atom stereocenters. The molecule has 2 rings (SSSR count). The van der Waals surface area contributed by atoms with Crippen LogP contribution in [0.15, 0.2) is 12.1 Å². The van der Waals surface area contributed by atoms with Crippen molar-refractivity contribution in [3.05, 3.63) is 28.3 Å². The number of benzene rings is 1. The van der Waals surface area contributed by atoms with Gasteiger partial charge in [-0.25, -0.2) is 0 Å². The zero-order valence-electron chi connectivity index (χ0n) is 12.2. The van der Waals surface area contributed by atoms with E-state index in [-0.39, 0.29) is 0 Å². The number of halogens is 1. The SMILES string of the molecule is Cc1cc(Cl)c(OCC2CC2)c(CC(C)(C)C(=O)O)c1. The summed E-state index contributed by atoms with van der Waals surface area (Å²) in [5.41, 5.74) is 1.06. The predicted molar refractivity (Wildman–Crippen MR) is 79.5 cm³/mol. The molecule has 1 N–H and O–H groups in total. The highest BCUT2D eigenvalue weighted by atomic mass is 35.5. The van der Waals surface area contributed by atoms with E-state index in [0.29, 0.717) is 29.7 Å². The number of carboxylic acid groups (broad SMARTS) is 1. The molecule has 0 radical (unpaired) electrons. The monoisotopic (exact) mass is 296 g/mol. The maximum absolute atomic E-state index is 11.3. The molecule has 110 valence electrons. The van der Waals surface area contributed by atoms with Gasteiger partial charge in [-0.15, -0.1) is 0 Å². The lowest BCUT2D eigenvalue weighted by atomic mass is 9.85. The van der Waals surface area contributed by atoms with Gasteiger partial charge in [-0.3, -0.25) is 4.79 Å². The third-order valence-electron chi connectivity index (χ3n) is 3.64. The maximum atomic E-state index is 11.3. The molecule has 1 aliphatic carbocycles. The topological polar surface area (TPSA) is 46.5 Å². The van der Waals surface area contributed by atoms with Crippen LogP contribution in [0, 0.1) is 18.3 Å². The van der Waals surface area contributed by atoms with Gasteiger partial charge in [-0.1, -0.05) is 17.7 Å². The second-order valence-electron chi connectivity index (χ2n) is 6.36. The standard InChI is InChI=1S/C16H21ClO3/c1-10-6-12(8-16(2,3)15(18)19)14(13(17)7-10)20-9-11-4-5-11/h6-7,11H,4-5,8-9H2,1-3H3,(H,18,19). The number of aryl methyl sites for hydroxylation is 1. The van der Waals surface area contributed by atoms with E-state index in [1.54, 1.807) is 13.8 Å². The Balaban J connectivity index is 2.26. The Morgan fingerprint density at radius 3 is 2.65 bits per heavy atom. The van der Waals surface area contributed by atoms with Gasteiger partial charge in [-0.2, -0.15) is 0 Å². The molecule has 0 aromatic heterocycles. The molecule has 1 saturated carbocycles. The lowest BCUT2D eigenvalue weighted by Crippen LogP contribution is -2.26. The van der Waals surface area contributed by atoms with E-state index in [2.05, 4.69) is 0 Å². The Labute approximate surface area is 124 Å². The first-order chi connectivity index (χ1) is 9.29. The molecule has 4 heteroatoms.